The molecule has 0 aliphatic carbocycles. The van der Waals surface area contributed by atoms with E-state index in [-0.39, 0.29) is 0 Å². The molecular formula is C22H27N5. The van der Waals surface area contributed by atoms with E-state index in [2.05, 4.69) is 68.7 Å². The molecule has 1 aliphatic heterocycles. The number of imidazole rings is 1. The van der Waals surface area contributed by atoms with Gasteiger partial charge in [0.15, 0.2) is 5.82 Å². The molecule has 5 nitrogen and oxygen atoms in total. The van der Waals surface area contributed by atoms with Crippen molar-refractivity contribution in [3.8, 4) is 11.4 Å². The van der Waals surface area contributed by atoms with Gasteiger partial charge in [-0.1, -0.05) is 23.8 Å². The van der Waals surface area contributed by atoms with Crippen molar-refractivity contribution in [3.05, 3.63) is 66.0 Å². The first-order chi connectivity index (χ1) is 13.2. The van der Waals surface area contributed by atoms with Gasteiger partial charge in [0.2, 0.25) is 0 Å². The first-order valence-corrected chi connectivity index (χ1v) is 9.75. The van der Waals surface area contributed by atoms with Crippen LogP contribution in [0.5, 0.6) is 0 Å². The molecule has 4 rings (SSSR count). The molecule has 0 spiro atoms. The Hall–Kier alpha value is -2.53. The SMILES string of the molecule is Cc1cccc(-c2ncc(CN3CCC[C@H](Cn4ccnc4C)C3)cn2)c1. The predicted molar refractivity (Wildman–Crippen MR) is 107 cm³/mol. The summed E-state index contributed by atoms with van der Waals surface area (Å²) >= 11 is 0. The Morgan fingerprint density at radius 2 is 1.96 bits per heavy atom. The van der Waals surface area contributed by atoms with Gasteiger partial charge in [0.05, 0.1) is 0 Å². The predicted octanol–water partition coefficient (Wildman–Crippen LogP) is 3.87. The van der Waals surface area contributed by atoms with Crippen LogP contribution in [0.15, 0.2) is 49.1 Å². The molecule has 27 heavy (non-hydrogen) atoms. The van der Waals surface area contributed by atoms with Crippen LogP contribution >= 0.6 is 0 Å². The molecule has 1 aliphatic rings. The standard InChI is InChI=1S/C22H27N5/c1-17-5-3-7-21(11-17)22-24-12-20(13-25-22)15-26-9-4-6-19(14-26)16-27-10-8-23-18(27)2/h3,5,7-8,10-13,19H,4,6,9,14-16H2,1-2H3/t19-/m0/s1. The first-order valence-electron chi connectivity index (χ1n) is 9.75. The fourth-order valence-electron chi connectivity index (χ4n) is 3.95. The number of hydrogen-bond acceptors (Lipinski definition) is 4. The molecule has 5 heteroatoms. The maximum absolute atomic E-state index is 4.60. The zero-order valence-corrected chi connectivity index (χ0v) is 16.2. The summed E-state index contributed by atoms with van der Waals surface area (Å²) in [5.74, 6) is 2.58. The Morgan fingerprint density at radius 1 is 1.11 bits per heavy atom. The second-order valence-corrected chi connectivity index (χ2v) is 7.65. The Kier molecular flexibility index (Phi) is 5.30. The van der Waals surface area contributed by atoms with Crippen molar-refractivity contribution < 1.29 is 0 Å². The van der Waals surface area contributed by atoms with E-state index in [1.807, 2.05) is 18.6 Å². The molecule has 3 heterocycles. The van der Waals surface area contributed by atoms with Crippen LogP contribution in [0.25, 0.3) is 11.4 Å². The largest absolute Gasteiger partial charge is 0.335 e. The zero-order chi connectivity index (χ0) is 18.6. The van der Waals surface area contributed by atoms with E-state index >= 15 is 0 Å². The smallest absolute Gasteiger partial charge is 0.159 e. The fourth-order valence-corrected chi connectivity index (χ4v) is 3.95. The van der Waals surface area contributed by atoms with E-state index in [4.69, 9.17) is 0 Å². The maximum Gasteiger partial charge on any atom is 0.159 e. The number of aryl methyl sites for hydroxylation is 2. The van der Waals surface area contributed by atoms with E-state index in [1.54, 1.807) is 0 Å². The molecule has 2 aromatic heterocycles. The molecule has 1 fully saturated rings. The lowest BCUT2D eigenvalue weighted by Crippen LogP contribution is -2.36. The van der Waals surface area contributed by atoms with E-state index in [0.717, 1.165) is 43.4 Å². The third kappa shape index (κ3) is 4.42. The van der Waals surface area contributed by atoms with Crippen molar-refractivity contribution in [1.82, 2.24) is 24.4 Å². The van der Waals surface area contributed by atoms with Crippen molar-refractivity contribution in [2.45, 2.75) is 39.8 Å². The van der Waals surface area contributed by atoms with Gasteiger partial charge in [-0.25, -0.2) is 15.0 Å². The third-order valence-electron chi connectivity index (χ3n) is 5.37. The van der Waals surface area contributed by atoms with Gasteiger partial charge in [0.1, 0.15) is 5.82 Å². The molecule has 3 aromatic rings. The average Bonchev–Trinajstić information content (AvgIpc) is 3.07. The Morgan fingerprint density at radius 3 is 2.70 bits per heavy atom. The number of rotatable bonds is 5. The minimum Gasteiger partial charge on any atom is -0.335 e. The highest BCUT2D eigenvalue weighted by molar-refractivity contribution is 5.55. The maximum atomic E-state index is 4.60. The summed E-state index contributed by atoms with van der Waals surface area (Å²) in [6.45, 7) is 8.43. The molecule has 0 amide bonds. The van der Waals surface area contributed by atoms with Gasteiger partial charge in [-0.05, 0) is 45.2 Å². The van der Waals surface area contributed by atoms with Crippen LogP contribution in [0.4, 0.5) is 0 Å². The van der Waals surface area contributed by atoms with Crippen LogP contribution < -0.4 is 0 Å². The van der Waals surface area contributed by atoms with Gasteiger partial charge in [-0.2, -0.15) is 0 Å². The van der Waals surface area contributed by atoms with Crippen molar-refractivity contribution in [2.24, 2.45) is 5.92 Å². The Balaban J connectivity index is 1.38. The molecule has 1 atom stereocenters. The van der Waals surface area contributed by atoms with Crippen LogP contribution in [-0.2, 0) is 13.1 Å². The summed E-state index contributed by atoms with van der Waals surface area (Å²) < 4.78 is 2.27. The summed E-state index contributed by atoms with van der Waals surface area (Å²) in [4.78, 5) is 16.1. The van der Waals surface area contributed by atoms with Crippen LogP contribution in [-0.4, -0.2) is 37.5 Å². The monoisotopic (exact) mass is 361 g/mol. The lowest BCUT2D eigenvalue weighted by Gasteiger charge is -2.33. The molecule has 1 aromatic carbocycles. The number of aromatic nitrogens is 4. The van der Waals surface area contributed by atoms with Crippen LogP contribution in [0.2, 0.25) is 0 Å². The molecule has 0 N–H and O–H groups in total. The van der Waals surface area contributed by atoms with Gasteiger partial charge in [-0.3, -0.25) is 4.90 Å². The lowest BCUT2D eigenvalue weighted by atomic mass is 9.97. The third-order valence-corrected chi connectivity index (χ3v) is 5.37. The molecule has 0 radical (unpaired) electrons. The van der Waals surface area contributed by atoms with Gasteiger partial charge >= 0.3 is 0 Å². The Bertz CT molecular complexity index is 884. The van der Waals surface area contributed by atoms with Crippen LogP contribution in [0, 0.1) is 19.8 Å². The summed E-state index contributed by atoms with van der Waals surface area (Å²) in [5, 5.41) is 0. The van der Waals surface area contributed by atoms with E-state index in [9.17, 15) is 0 Å². The van der Waals surface area contributed by atoms with Gasteiger partial charge in [-0.15, -0.1) is 0 Å². The normalized spacial score (nSPS) is 17.9. The van der Waals surface area contributed by atoms with Gasteiger partial charge in [0, 0.05) is 55.5 Å². The van der Waals surface area contributed by atoms with Crippen LogP contribution in [0.1, 0.15) is 29.8 Å². The van der Waals surface area contributed by atoms with Crippen LogP contribution in [0.3, 0.4) is 0 Å². The fraction of sp³-hybridized carbons (Fsp3) is 0.409. The summed E-state index contributed by atoms with van der Waals surface area (Å²) in [6, 6.07) is 8.34. The van der Waals surface area contributed by atoms with Gasteiger partial charge in [0.25, 0.3) is 0 Å². The minimum absolute atomic E-state index is 0.680. The lowest BCUT2D eigenvalue weighted by molar-refractivity contribution is 0.155. The summed E-state index contributed by atoms with van der Waals surface area (Å²) in [7, 11) is 0. The first kappa shape index (κ1) is 17.9. The molecule has 0 saturated carbocycles. The number of likely N-dealkylation sites (tertiary alicyclic amines) is 1. The molecular weight excluding hydrogens is 334 g/mol. The topological polar surface area (TPSA) is 46.8 Å². The Labute approximate surface area is 161 Å². The molecule has 1 saturated heterocycles. The molecule has 0 unspecified atom stereocenters. The number of piperidine rings is 1. The van der Waals surface area contributed by atoms with E-state index in [0.29, 0.717) is 5.92 Å². The minimum atomic E-state index is 0.680. The van der Waals surface area contributed by atoms with Crippen molar-refractivity contribution in [1.29, 1.82) is 0 Å². The number of benzene rings is 1. The summed E-state index contributed by atoms with van der Waals surface area (Å²) in [6.07, 6.45) is 10.5. The highest BCUT2D eigenvalue weighted by Crippen LogP contribution is 2.21. The zero-order valence-electron chi connectivity index (χ0n) is 16.2. The highest BCUT2D eigenvalue weighted by atomic mass is 15.1. The quantitative estimate of drug-likeness (QED) is 0.692. The van der Waals surface area contributed by atoms with Crippen molar-refractivity contribution in [3.63, 3.8) is 0 Å². The second kappa shape index (κ2) is 8.01. The number of nitrogens with zero attached hydrogens (tertiary/aromatic N) is 5. The van der Waals surface area contributed by atoms with Gasteiger partial charge < -0.3 is 4.57 Å². The van der Waals surface area contributed by atoms with E-state index in [1.165, 1.54) is 24.0 Å². The average molecular weight is 361 g/mol. The van der Waals surface area contributed by atoms with E-state index < -0.39 is 0 Å². The second-order valence-electron chi connectivity index (χ2n) is 7.65. The number of hydrogen-bond donors (Lipinski definition) is 0. The van der Waals surface area contributed by atoms with Crippen molar-refractivity contribution >= 4 is 0 Å². The highest BCUT2D eigenvalue weighted by Gasteiger charge is 2.21. The molecule has 140 valence electrons. The van der Waals surface area contributed by atoms with Crippen molar-refractivity contribution in [2.75, 3.05) is 13.1 Å². The molecule has 0 bridgehead atoms. The summed E-state index contributed by atoms with van der Waals surface area (Å²) in [5.41, 5.74) is 3.49.